The SMILES string of the molecule is Clc1cnc(NC2=NC[C@@]3(CN4CCC3CC4)O2)cn1. The molecule has 20 heavy (non-hydrogen) atoms. The lowest BCUT2D eigenvalue weighted by molar-refractivity contribution is -0.0829. The van der Waals surface area contributed by atoms with Crippen molar-refractivity contribution in [3.8, 4) is 0 Å². The minimum atomic E-state index is -0.126. The second-order valence-corrected chi connectivity index (χ2v) is 6.08. The molecule has 7 heteroatoms. The van der Waals surface area contributed by atoms with Gasteiger partial charge >= 0.3 is 0 Å². The van der Waals surface area contributed by atoms with Crippen LogP contribution in [0.25, 0.3) is 0 Å². The summed E-state index contributed by atoms with van der Waals surface area (Å²) in [4.78, 5) is 15.1. The summed E-state index contributed by atoms with van der Waals surface area (Å²) < 4.78 is 6.15. The summed E-state index contributed by atoms with van der Waals surface area (Å²) in [6.45, 7) is 4.11. The molecule has 3 saturated heterocycles. The van der Waals surface area contributed by atoms with Gasteiger partial charge in [-0.3, -0.25) is 10.2 Å². The molecular weight excluding hydrogens is 278 g/mol. The largest absolute Gasteiger partial charge is 0.455 e. The molecule has 1 atom stereocenters. The number of amidine groups is 1. The molecule has 0 aromatic carbocycles. The van der Waals surface area contributed by atoms with Crippen LogP contribution in [0.15, 0.2) is 17.4 Å². The average Bonchev–Trinajstić information content (AvgIpc) is 2.85. The third kappa shape index (κ3) is 2.03. The molecule has 2 bridgehead atoms. The monoisotopic (exact) mass is 293 g/mol. The zero-order valence-electron chi connectivity index (χ0n) is 11.0. The zero-order chi connectivity index (χ0) is 13.6. The number of ether oxygens (including phenoxy) is 1. The second-order valence-electron chi connectivity index (χ2n) is 5.69. The Labute approximate surface area is 122 Å². The Bertz CT molecular complexity index is 540. The molecule has 1 spiro atoms. The van der Waals surface area contributed by atoms with E-state index in [4.69, 9.17) is 16.3 Å². The molecule has 3 fully saturated rings. The molecule has 106 valence electrons. The van der Waals surface area contributed by atoms with Crippen molar-refractivity contribution in [3.05, 3.63) is 17.5 Å². The Hall–Kier alpha value is -1.40. The first-order chi connectivity index (χ1) is 9.73. The van der Waals surface area contributed by atoms with Crippen molar-refractivity contribution in [1.82, 2.24) is 14.9 Å². The number of hydrogen-bond donors (Lipinski definition) is 1. The van der Waals surface area contributed by atoms with Gasteiger partial charge < -0.3 is 4.74 Å². The van der Waals surface area contributed by atoms with E-state index in [0.29, 0.717) is 22.9 Å². The van der Waals surface area contributed by atoms with Gasteiger partial charge in [0.05, 0.1) is 18.9 Å². The molecule has 5 heterocycles. The molecule has 6 nitrogen and oxygen atoms in total. The molecule has 4 aliphatic rings. The maximum atomic E-state index is 6.15. The van der Waals surface area contributed by atoms with E-state index in [1.54, 1.807) is 6.20 Å². The Balaban J connectivity index is 1.46. The third-order valence-electron chi connectivity index (χ3n) is 4.47. The minimum absolute atomic E-state index is 0.126. The van der Waals surface area contributed by atoms with Crippen LogP contribution in [-0.2, 0) is 4.74 Å². The Morgan fingerprint density at radius 3 is 2.80 bits per heavy atom. The molecule has 0 saturated carbocycles. The fourth-order valence-electron chi connectivity index (χ4n) is 3.43. The molecule has 0 unspecified atom stereocenters. The normalized spacial score (nSPS) is 35.0. The number of anilines is 1. The predicted octanol–water partition coefficient (Wildman–Crippen LogP) is 1.39. The third-order valence-corrected chi connectivity index (χ3v) is 4.66. The van der Waals surface area contributed by atoms with Crippen LogP contribution in [0.5, 0.6) is 0 Å². The van der Waals surface area contributed by atoms with Crippen LogP contribution in [0.3, 0.4) is 0 Å². The van der Waals surface area contributed by atoms with Crippen LogP contribution in [0.2, 0.25) is 5.15 Å². The van der Waals surface area contributed by atoms with E-state index in [1.807, 2.05) is 0 Å². The van der Waals surface area contributed by atoms with E-state index in [2.05, 4.69) is 25.2 Å². The van der Waals surface area contributed by atoms with Gasteiger partial charge in [-0.25, -0.2) is 15.0 Å². The highest BCUT2D eigenvalue weighted by atomic mass is 35.5. The van der Waals surface area contributed by atoms with Gasteiger partial charge in [0.1, 0.15) is 10.8 Å². The van der Waals surface area contributed by atoms with Crippen LogP contribution in [0.1, 0.15) is 12.8 Å². The average molecular weight is 294 g/mol. The fraction of sp³-hybridized carbons (Fsp3) is 0.615. The summed E-state index contributed by atoms with van der Waals surface area (Å²) in [7, 11) is 0. The quantitative estimate of drug-likeness (QED) is 0.848. The Morgan fingerprint density at radius 2 is 2.15 bits per heavy atom. The summed E-state index contributed by atoms with van der Waals surface area (Å²) >= 11 is 5.72. The van der Waals surface area contributed by atoms with Crippen molar-refractivity contribution in [1.29, 1.82) is 0 Å². The summed E-state index contributed by atoms with van der Waals surface area (Å²) in [5, 5.41) is 3.45. The second kappa shape index (κ2) is 4.56. The molecule has 0 amide bonds. The first kappa shape index (κ1) is 12.3. The zero-order valence-corrected chi connectivity index (χ0v) is 11.8. The van der Waals surface area contributed by atoms with Gasteiger partial charge in [0, 0.05) is 12.5 Å². The lowest BCUT2D eigenvalue weighted by Gasteiger charge is -2.50. The molecular formula is C13H16ClN5O. The molecule has 5 rings (SSSR count). The molecule has 0 radical (unpaired) electrons. The molecule has 0 aliphatic carbocycles. The van der Waals surface area contributed by atoms with Crippen molar-refractivity contribution in [2.75, 3.05) is 31.5 Å². The number of halogens is 1. The van der Waals surface area contributed by atoms with Gasteiger partial charge in [-0.15, -0.1) is 0 Å². The topological polar surface area (TPSA) is 62.6 Å². The number of aliphatic imine (C=N–C) groups is 1. The molecule has 1 aromatic rings. The van der Waals surface area contributed by atoms with Gasteiger partial charge in [0.25, 0.3) is 6.02 Å². The summed E-state index contributed by atoms with van der Waals surface area (Å²) in [6, 6.07) is 0.551. The highest BCUT2D eigenvalue weighted by Crippen LogP contribution is 2.40. The van der Waals surface area contributed by atoms with Gasteiger partial charge in [-0.05, 0) is 25.9 Å². The van der Waals surface area contributed by atoms with Crippen molar-refractivity contribution in [2.45, 2.75) is 18.4 Å². The van der Waals surface area contributed by atoms with Crippen LogP contribution < -0.4 is 5.32 Å². The Morgan fingerprint density at radius 1 is 1.30 bits per heavy atom. The first-order valence-corrected chi connectivity index (χ1v) is 7.32. The number of fused-ring (bicyclic) bond motifs is 2. The van der Waals surface area contributed by atoms with Crippen molar-refractivity contribution in [3.63, 3.8) is 0 Å². The standard InChI is InChI=1S/C13H16ClN5O/c14-10-5-16-11(6-15-10)18-12-17-7-13(20-12)8-19-3-1-9(13)2-4-19/h5-6,9H,1-4,7-8H2,(H,16,17,18)/t13-/m0/s1. The van der Waals surface area contributed by atoms with E-state index in [-0.39, 0.29) is 5.60 Å². The van der Waals surface area contributed by atoms with Crippen LogP contribution >= 0.6 is 11.6 Å². The lowest BCUT2D eigenvalue weighted by Crippen LogP contribution is -2.61. The van der Waals surface area contributed by atoms with E-state index < -0.39 is 0 Å². The summed E-state index contributed by atoms with van der Waals surface area (Å²) in [5.74, 6) is 1.22. The number of nitrogens with one attached hydrogen (secondary N) is 1. The van der Waals surface area contributed by atoms with E-state index in [1.165, 1.54) is 32.1 Å². The highest BCUT2D eigenvalue weighted by Gasteiger charge is 2.51. The smallest absolute Gasteiger partial charge is 0.291 e. The fourth-order valence-corrected chi connectivity index (χ4v) is 3.53. The Kier molecular flexibility index (Phi) is 2.82. The number of aromatic nitrogens is 2. The van der Waals surface area contributed by atoms with E-state index >= 15 is 0 Å². The van der Waals surface area contributed by atoms with Crippen LogP contribution in [0, 0.1) is 5.92 Å². The van der Waals surface area contributed by atoms with Crippen molar-refractivity contribution in [2.24, 2.45) is 10.9 Å². The maximum Gasteiger partial charge on any atom is 0.291 e. The van der Waals surface area contributed by atoms with E-state index in [9.17, 15) is 0 Å². The van der Waals surface area contributed by atoms with Crippen LogP contribution in [-0.4, -0.2) is 52.7 Å². The summed E-state index contributed by atoms with van der Waals surface area (Å²) in [6.07, 6.45) is 5.51. The number of hydrogen-bond acceptors (Lipinski definition) is 6. The van der Waals surface area contributed by atoms with Crippen LogP contribution in [0.4, 0.5) is 5.82 Å². The predicted molar refractivity (Wildman–Crippen MR) is 75.9 cm³/mol. The number of nitrogens with zero attached hydrogens (tertiary/aromatic N) is 4. The minimum Gasteiger partial charge on any atom is -0.455 e. The molecule has 4 aliphatic heterocycles. The number of rotatable bonds is 1. The lowest BCUT2D eigenvalue weighted by atomic mass is 9.75. The van der Waals surface area contributed by atoms with Crippen molar-refractivity contribution < 1.29 is 4.74 Å². The van der Waals surface area contributed by atoms with E-state index in [0.717, 1.165) is 13.1 Å². The maximum absolute atomic E-state index is 6.15. The molecule has 1 aromatic heterocycles. The molecule has 1 N–H and O–H groups in total. The highest BCUT2D eigenvalue weighted by molar-refractivity contribution is 6.29. The number of piperidine rings is 3. The summed E-state index contributed by atoms with van der Waals surface area (Å²) in [5.41, 5.74) is -0.126. The van der Waals surface area contributed by atoms with Gasteiger partial charge in [-0.1, -0.05) is 11.6 Å². The first-order valence-electron chi connectivity index (χ1n) is 6.94. The van der Waals surface area contributed by atoms with Gasteiger partial charge in [0.15, 0.2) is 5.82 Å². The van der Waals surface area contributed by atoms with Crippen molar-refractivity contribution >= 4 is 23.4 Å². The van der Waals surface area contributed by atoms with Gasteiger partial charge in [-0.2, -0.15) is 0 Å². The van der Waals surface area contributed by atoms with Gasteiger partial charge in [0.2, 0.25) is 0 Å².